The maximum Gasteiger partial charge on any atom is 0.261 e. The van der Waals surface area contributed by atoms with Crippen molar-refractivity contribution in [2.24, 2.45) is 0 Å². The van der Waals surface area contributed by atoms with E-state index in [-0.39, 0.29) is 10.7 Å². The number of anilines is 2. The molecule has 0 aliphatic carbocycles. The highest BCUT2D eigenvalue weighted by molar-refractivity contribution is 6.34. The Bertz CT molecular complexity index is 626. The molecule has 2 rings (SSSR count). The van der Waals surface area contributed by atoms with Crippen LogP contribution in [0.1, 0.15) is 10.4 Å². The molecule has 2 aromatic rings. The van der Waals surface area contributed by atoms with Crippen molar-refractivity contribution in [1.82, 2.24) is 0 Å². The summed E-state index contributed by atoms with van der Waals surface area (Å²) in [4.78, 5) is 11.8. The van der Waals surface area contributed by atoms with E-state index in [2.05, 4.69) is 5.32 Å². The predicted octanol–water partition coefficient (Wildman–Crippen LogP) is 3.45. The number of carbonyl (C=O) groups is 1. The summed E-state index contributed by atoms with van der Waals surface area (Å²) in [7, 11) is 0. The van der Waals surface area contributed by atoms with E-state index in [0.717, 1.165) is 12.1 Å². The largest absolute Gasteiger partial charge is 0.399 e. The van der Waals surface area contributed by atoms with Gasteiger partial charge in [-0.2, -0.15) is 0 Å². The molecule has 0 bridgehead atoms. The lowest BCUT2D eigenvalue weighted by molar-refractivity contribution is 0.101. The maximum absolute atomic E-state index is 13.4. The smallest absolute Gasteiger partial charge is 0.261 e. The number of benzene rings is 2. The van der Waals surface area contributed by atoms with E-state index >= 15 is 0 Å². The van der Waals surface area contributed by atoms with Gasteiger partial charge in [-0.3, -0.25) is 4.79 Å². The van der Waals surface area contributed by atoms with Crippen LogP contribution >= 0.6 is 11.6 Å². The quantitative estimate of drug-likeness (QED) is 0.829. The van der Waals surface area contributed by atoms with Crippen molar-refractivity contribution in [3.63, 3.8) is 0 Å². The first kappa shape index (κ1) is 13.3. The van der Waals surface area contributed by atoms with Crippen LogP contribution < -0.4 is 11.1 Å². The molecule has 1 amide bonds. The Morgan fingerprint density at radius 2 is 1.79 bits per heavy atom. The summed E-state index contributed by atoms with van der Waals surface area (Å²) in [6.07, 6.45) is 0. The Morgan fingerprint density at radius 3 is 2.42 bits per heavy atom. The molecule has 2 aromatic carbocycles. The van der Waals surface area contributed by atoms with E-state index in [0.29, 0.717) is 5.69 Å². The molecule has 0 aliphatic rings. The normalized spacial score (nSPS) is 10.3. The molecule has 98 valence electrons. The minimum Gasteiger partial charge on any atom is -0.399 e. The summed E-state index contributed by atoms with van der Waals surface area (Å²) >= 11 is 5.85. The second-order valence-electron chi connectivity index (χ2n) is 3.79. The molecule has 0 aliphatic heterocycles. The lowest BCUT2D eigenvalue weighted by Crippen LogP contribution is -2.16. The standard InChI is InChI=1S/C13H9ClF2N2O/c14-8-5-4-7(17)6-11(8)18-13(19)12-9(15)2-1-3-10(12)16/h1-6H,17H2,(H,18,19). The third-order valence-electron chi connectivity index (χ3n) is 2.43. The van der Waals surface area contributed by atoms with E-state index in [1.165, 1.54) is 18.2 Å². The molecule has 0 radical (unpaired) electrons. The number of nitrogens with two attached hydrogens (primary N) is 1. The molecule has 0 heterocycles. The zero-order chi connectivity index (χ0) is 14.0. The number of amides is 1. The lowest BCUT2D eigenvalue weighted by atomic mass is 10.1. The molecule has 0 saturated carbocycles. The molecule has 0 aromatic heterocycles. The van der Waals surface area contributed by atoms with E-state index in [1.807, 2.05) is 0 Å². The average molecular weight is 283 g/mol. The topological polar surface area (TPSA) is 55.1 Å². The third kappa shape index (κ3) is 2.82. The summed E-state index contributed by atoms with van der Waals surface area (Å²) in [6.45, 7) is 0. The van der Waals surface area contributed by atoms with E-state index in [4.69, 9.17) is 17.3 Å². The van der Waals surface area contributed by atoms with Gasteiger partial charge in [0.05, 0.1) is 10.7 Å². The summed E-state index contributed by atoms with van der Waals surface area (Å²) in [5, 5.41) is 2.54. The molecular weight excluding hydrogens is 274 g/mol. The molecule has 0 atom stereocenters. The third-order valence-corrected chi connectivity index (χ3v) is 2.76. The molecule has 6 heteroatoms. The van der Waals surface area contributed by atoms with Crippen LogP contribution in [-0.4, -0.2) is 5.91 Å². The summed E-state index contributed by atoms with van der Waals surface area (Å²) in [5.41, 5.74) is 5.44. The Morgan fingerprint density at radius 1 is 1.16 bits per heavy atom. The average Bonchev–Trinajstić information content (AvgIpc) is 2.33. The Kier molecular flexibility index (Phi) is 3.66. The highest BCUT2D eigenvalue weighted by atomic mass is 35.5. The minimum atomic E-state index is -0.947. The highest BCUT2D eigenvalue weighted by Crippen LogP contribution is 2.25. The van der Waals surface area contributed by atoms with Crippen molar-refractivity contribution in [3.8, 4) is 0 Å². The number of nitrogens with one attached hydrogen (secondary N) is 1. The number of halogens is 3. The highest BCUT2D eigenvalue weighted by Gasteiger charge is 2.17. The molecule has 3 N–H and O–H groups in total. The molecule has 3 nitrogen and oxygen atoms in total. The van der Waals surface area contributed by atoms with Crippen LogP contribution in [0.4, 0.5) is 20.2 Å². The Labute approximate surface area is 113 Å². The maximum atomic E-state index is 13.4. The van der Waals surface area contributed by atoms with Crippen molar-refractivity contribution in [3.05, 3.63) is 58.6 Å². The molecule has 0 saturated heterocycles. The van der Waals surface area contributed by atoms with Gasteiger partial charge in [-0.15, -0.1) is 0 Å². The molecule has 0 unspecified atom stereocenters. The second-order valence-corrected chi connectivity index (χ2v) is 4.20. The van der Waals surface area contributed by atoms with E-state index in [1.54, 1.807) is 6.07 Å². The van der Waals surface area contributed by atoms with Crippen LogP contribution in [0.3, 0.4) is 0 Å². The molecule has 19 heavy (non-hydrogen) atoms. The van der Waals surface area contributed by atoms with Crippen molar-refractivity contribution >= 4 is 28.9 Å². The monoisotopic (exact) mass is 282 g/mol. The zero-order valence-electron chi connectivity index (χ0n) is 9.58. The van der Waals surface area contributed by atoms with Gasteiger partial charge in [0.2, 0.25) is 0 Å². The van der Waals surface area contributed by atoms with Gasteiger partial charge < -0.3 is 11.1 Å². The molecule has 0 fully saturated rings. The van der Waals surface area contributed by atoms with Gasteiger partial charge in [-0.1, -0.05) is 17.7 Å². The van der Waals surface area contributed by atoms with Crippen LogP contribution in [0.25, 0.3) is 0 Å². The van der Waals surface area contributed by atoms with E-state index in [9.17, 15) is 13.6 Å². The van der Waals surface area contributed by atoms with Gasteiger partial charge in [-0.25, -0.2) is 8.78 Å². The van der Waals surface area contributed by atoms with Gasteiger partial charge in [0.15, 0.2) is 0 Å². The first-order chi connectivity index (χ1) is 8.99. The van der Waals surface area contributed by atoms with Crippen LogP contribution in [0.5, 0.6) is 0 Å². The Balaban J connectivity index is 2.34. The van der Waals surface area contributed by atoms with E-state index < -0.39 is 23.1 Å². The number of hydrogen-bond donors (Lipinski definition) is 2. The minimum absolute atomic E-state index is 0.189. The van der Waals surface area contributed by atoms with Crippen molar-refractivity contribution in [2.45, 2.75) is 0 Å². The fourth-order valence-corrected chi connectivity index (χ4v) is 1.70. The Hall–Kier alpha value is -2.14. The van der Waals surface area contributed by atoms with Gasteiger partial charge in [0.25, 0.3) is 5.91 Å². The number of carbonyl (C=O) groups excluding carboxylic acids is 1. The predicted molar refractivity (Wildman–Crippen MR) is 70.2 cm³/mol. The van der Waals surface area contributed by atoms with Gasteiger partial charge in [0, 0.05) is 5.69 Å². The first-order valence-electron chi connectivity index (χ1n) is 5.29. The van der Waals surface area contributed by atoms with Gasteiger partial charge >= 0.3 is 0 Å². The summed E-state index contributed by atoms with van der Waals surface area (Å²) in [6, 6.07) is 7.59. The number of hydrogen-bond acceptors (Lipinski definition) is 2. The van der Waals surface area contributed by atoms with Gasteiger partial charge in [-0.05, 0) is 30.3 Å². The van der Waals surface area contributed by atoms with Crippen molar-refractivity contribution in [2.75, 3.05) is 11.1 Å². The molecular formula is C13H9ClF2N2O. The lowest BCUT2D eigenvalue weighted by Gasteiger charge is -2.09. The van der Waals surface area contributed by atoms with Gasteiger partial charge in [0.1, 0.15) is 17.2 Å². The summed E-state index contributed by atoms with van der Waals surface area (Å²) < 4.78 is 26.8. The number of rotatable bonds is 2. The zero-order valence-corrected chi connectivity index (χ0v) is 10.3. The van der Waals surface area contributed by atoms with Crippen molar-refractivity contribution in [1.29, 1.82) is 0 Å². The summed E-state index contributed by atoms with van der Waals surface area (Å²) in [5.74, 6) is -2.82. The SMILES string of the molecule is Nc1ccc(Cl)c(NC(=O)c2c(F)cccc2F)c1. The van der Waals surface area contributed by atoms with Crippen LogP contribution in [0.2, 0.25) is 5.02 Å². The fraction of sp³-hybridized carbons (Fsp3) is 0. The van der Waals surface area contributed by atoms with Crippen molar-refractivity contribution < 1.29 is 13.6 Å². The first-order valence-corrected chi connectivity index (χ1v) is 5.67. The fourth-order valence-electron chi connectivity index (χ4n) is 1.54. The van der Waals surface area contributed by atoms with Crippen LogP contribution in [-0.2, 0) is 0 Å². The van der Waals surface area contributed by atoms with Crippen LogP contribution in [0, 0.1) is 11.6 Å². The number of nitrogen functional groups attached to an aromatic ring is 1. The van der Waals surface area contributed by atoms with Crippen LogP contribution in [0.15, 0.2) is 36.4 Å². The molecule has 0 spiro atoms. The second kappa shape index (κ2) is 5.24.